The van der Waals surface area contributed by atoms with Crippen LogP contribution in [0.15, 0.2) is 36.7 Å². The minimum Gasteiger partial charge on any atom is -0.381 e. The van der Waals surface area contributed by atoms with Gasteiger partial charge in [-0.25, -0.2) is 4.98 Å². The summed E-state index contributed by atoms with van der Waals surface area (Å²) in [5, 5.41) is 9.98. The first kappa shape index (κ1) is 14.9. The number of imidazole rings is 1. The Balaban J connectivity index is 1.41. The van der Waals surface area contributed by atoms with Crippen molar-refractivity contribution in [3.05, 3.63) is 48.0 Å². The number of carbonyl (C=O) groups excluding carboxylic acids is 1. The van der Waals surface area contributed by atoms with Crippen LogP contribution in [0.4, 0.5) is 0 Å². The number of ether oxygens (including phenoxy) is 1. The Hall–Kier alpha value is -2.67. The van der Waals surface area contributed by atoms with Gasteiger partial charge in [-0.15, -0.1) is 0 Å². The number of nitrogens with one attached hydrogen (secondary N) is 2. The Bertz CT molecular complexity index is 847. The van der Waals surface area contributed by atoms with Crippen LogP contribution in [0.5, 0.6) is 0 Å². The molecule has 0 aliphatic carbocycles. The summed E-state index contributed by atoms with van der Waals surface area (Å²) in [6, 6.07) is 9.74. The lowest BCUT2D eigenvalue weighted by Gasteiger charge is -2.07. The lowest BCUT2D eigenvalue weighted by Crippen LogP contribution is -2.29. The molecule has 1 aliphatic heterocycles. The zero-order valence-electron chi connectivity index (χ0n) is 13.2. The van der Waals surface area contributed by atoms with Crippen molar-refractivity contribution in [3.8, 4) is 0 Å². The lowest BCUT2D eigenvalue weighted by molar-refractivity contribution is 0.0940. The summed E-state index contributed by atoms with van der Waals surface area (Å²) in [6.45, 7) is 2.73. The molecular weight excluding hydrogens is 306 g/mol. The number of carbonyl (C=O) groups is 1. The summed E-state index contributed by atoms with van der Waals surface area (Å²) in [6.07, 6.45) is 2.80. The maximum atomic E-state index is 12.2. The largest absolute Gasteiger partial charge is 0.381 e. The van der Waals surface area contributed by atoms with E-state index in [2.05, 4.69) is 20.5 Å². The van der Waals surface area contributed by atoms with Crippen molar-refractivity contribution in [2.75, 3.05) is 19.8 Å². The predicted molar refractivity (Wildman–Crippen MR) is 88.7 cm³/mol. The molecule has 0 saturated carbocycles. The fraction of sp³-hybridized carbons (Fsp3) is 0.353. The summed E-state index contributed by atoms with van der Waals surface area (Å²) in [5.41, 5.74) is 3.29. The van der Waals surface area contributed by atoms with Crippen LogP contribution < -0.4 is 5.32 Å². The van der Waals surface area contributed by atoms with Crippen LogP contribution in [0.25, 0.3) is 11.0 Å². The molecule has 0 bridgehead atoms. The maximum Gasteiger partial charge on any atom is 0.271 e. The number of hydrogen-bond donors (Lipinski definition) is 2. The second-order valence-electron chi connectivity index (χ2n) is 6.08. The van der Waals surface area contributed by atoms with Gasteiger partial charge in [0.15, 0.2) is 0 Å². The molecular formula is C17H19N5O2. The lowest BCUT2D eigenvalue weighted by atomic mass is 10.1. The Morgan fingerprint density at radius 1 is 1.42 bits per heavy atom. The zero-order valence-corrected chi connectivity index (χ0v) is 13.2. The number of aromatic nitrogens is 4. The van der Waals surface area contributed by atoms with E-state index in [0.29, 0.717) is 24.7 Å². The molecule has 1 atom stereocenters. The van der Waals surface area contributed by atoms with Gasteiger partial charge in [-0.1, -0.05) is 12.1 Å². The first-order chi connectivity index (χ1) is 11.8. The average molecular weight is 325 g/mol. The molecule has 0 radical (unpaired) electrons. The molecule has 1 aromatic carbocycles. The van der Waals surface area contributed by atoms with Gasteiger partial charge in [-0.2, -0.15) is 5.10 Å². The minimum absolute atomic E-state index is 0.153. The van der Waals surface area contributed by atoms with Crippen molar-refractivity contribution < 1.29 is 9.53 Å². The third kappa shape index (κ3) is 3.03. The summed E-state index contributed by atoms with van der Waals surface area (Å²) in [5.74, 6) is 0.254. The number of hydrogen-bond acceptors (Lipinski definition) is 4. The highest BCUT2D eigenvalue weighted by Crippen LogP contribution is 2.14. The number of fused-ring (bicyclic) bond motifs is 1. The molecule has 1 amide bonds. The van der Waals surface area contributed by atoms with Gasteiger partial charge in [0.1, 0.15) is 5.69 Å². The van der Waals surface area contributed by atoms with Crippen molar-refractivity contribution in [3.63, 3.8) is 0 Å². The molecule has 7 heteroatoms. The SMILES string of the molecule is O=C(NC[C@@H]1CCOC1)c1cc(Cn2cnc3ccccc32)[nH]n1. The molecule has 1 fully saturated rings. The third-order valence-corrected chi connectivity index (χ3v) is 4.31. The first-order valence-corrected chi connectivity index (χ1v) is 8.10. The van der Waals surface area contributed by atoms with Crippen molar-refractivity contribution in [1.82, 2.24) is 25.1 Å². The average Bonchev–Trinajstić information content (AvgIpc) is 3.35. The molecule has 1 aliphatic rings. The summed E-state index contributed by atoms with van der Waals surface area (Å²) < 4.78 is 7.34. The number of benzene rings is 1. The number of para-hydroxylation sites is 2. The van der Waals surface area contributed by atoms with E-state index in [0.717, 1.165) is 36.4 Å². The van der Waals surface area contributed by atoms with E-state index in [4.69, 9.17) is 4.74 Å². The monoisotopic (exact) mass is 325 g/mol. The summed E-state index contributed by atoms with van der Waals surface area (Å²) in [7, 11) is 0. The predicted octanol–water partition coefficient (Wildman–Crippen LogP) is 1.57. The number of amides is 1. The van der Waals surface area contributed by atoms with Crippen molar-refractivity contribution in [2.24, 2.45) is 5.92 Å². The van der Waals surface area contributed by atoms with E-state index in [1.807, 2.05) is 28.8 Å². The van der Waals surface area contributed by atoms with E-state index in [1.165, 1.54) is 0 Å². The molecule has 124 valence electrons. The summed E-state index contributed by atoms with van der Waals surface area (Å²) >= 11 is 0. The van der Waals surface area contributed by atoms with E-state index in [1.54, 1.807) is 12.4 Å². The fourth-order valence-electron chi connectivity index (χ4n) is 2.95. The van der Waals surface area contributed by atoms with Gasteiger partial charge in [0.25, 0.3) is 5.91 Å². The Kier molecular flexibility index (Phi) is 4.00. The molecule has 1 saturated heterocycles. The highest BCUT2D eigenvalue weighted by molar-refractivity contribution is 5.92. The van der Waals surface area contributed by atoms with Gasteiger partial charge in [0.2, 0.25) is 0 Å². The van der Waals surface area contributed by atoms with Gasteiger partial charge < -0.3 is 14.6 Å². The zero-order chi connectivity index (χ0) is 16.4. The number of rotatable bonds is 5. The van der Waals surface area contributed by atoms with Crippen LogP contribution in [0.2, 0.25) is 0 Å². The Morgan fingerprint density at radius 2 is 2.33 bits per heavy atom. The van der Waals surface area contributed by atoms with Gasteiger partial charge in [-0.05, 0) is 24.6 Å². The topological polar surface area (TPSA) is 84.8 Å². The molecule has 3 heterocycles. The molecule has 3 aromatic rings. The number of aromatic amines is 1. The van der Waals surface area contributed by atoms with Gasteiger partial charge >= 0.3 is 0 Å². The minimum atomic E-state index is -0.153. The van der Waals surface area contributed by atoms with Crippen LogP contribution in [0, 0.1) is 5.92 Å². The highest BCUT2D eigenvalue weighted by Gasteiger charge is 2.18. The van der Waals surface area contributed by atoms with Crippen LogP contribution in [0.3, 0.4) is 0 Å². The van der Waals surface area contributed by atoms with Crippen molar-refractivity contribution in [2.45, 2.75) is 13.0 Å². The van der Waals surface area contributed by atoms with E-state index >= 15 is 0 Å². The second-order valence-corrected chi connectivity index (χ2v) is 6.08. The Labute approximate surface area is 139 Å². The molecule has 2 aromatic heterocycles. The third-order valence-electron chi connectivity index (χ3n) is 4.31. The van der Waals surface area contributed by atoms with E-state index in [-0.39, 0.29) is 5.91 Å². The first-order valence-electron chi connectivity index (χ1n) is 8.10. The van der Waals surface area contributed by atoms with E-state index in [9.17, 15) is 4.79 Å². The molecule has 24 heavy (non-hydrogen) atoms. The van der Waals surface area contributed by atoms with Crippen LogP contribution in [-0.2, 0) is 11.3 Å². The molecule has 7 nitrogen and oxygen atoms in total. The van der Waals surface area contributed by atoms with Gasteiger partial charge in [0.05, 0.1) is 36.2 Å². The smallest absolute Gasteiger partial charge is 0.271 e. The van der Waals surface area contributed by atoms with Crippen molar-refractivity contribution in [1.29, 1.82) is 0 Å². The highest BCUT2D eigenvalue weighted by atomic mass is 16.5. The second kappa shape index (κ2) is 6.45. The van der Waals surface area contributed by atoms with Crippen LogP contribution >= 0.6 is 0 Å². The molecule has 2 N–H and O–H groups in total. The molecule has 0 unspecified atom stereocenters. The van der Waals surface area contributed by atoms with Gasteiger partial charge in [-0.3, -0.25) is 9.89 Å². The molecule has 0 spiro atoms. The molecule has 4 rings (SSSR count). The number of H-pyrrole nitrogens is 1. The quantitative estimate of drug-likeness (QED) is 0.746. The maximum absolute atomic E-state index is 12.2. The van der Waals surface area contributed by atoms with Gasteiger partial charge in [0, 0.05) is 19.1 Å². The normalized spacial score (nSPS) is 17.4. The van der Waals surface area contributed by atoms with Crippen LogP contribution in [-0.4, -0.2) is 45.4 Å². The van der Waals surface area contributed by atoms with Crippen LogP contribution in [0.1, 0.15) is 22.6 Å². The van der Waals surface area contributed by atoms with E-state index < -0.39 is 0 Å². The summed E-state index contributed by atoms with van der Waals surface area (Å²) in [4.78, 5) is 16.5. The van der Waals surface area contributed by atoms with Crippen molar-refractivity contribution >= 4 is 16.9 Å². The Morgan fingerprint density at radius 3 is 3.21 bits per heavy atom. The number of nitrogens with zero attached hydrogens (tertiary/aromatic N) is 3. The fourth-order valence-corrected chi connectivity index (χ4v) is 2.95. The standard InChI is InChI=1S/C17H19N5O2/c23-17(18-8-12-5-6-24-10-12)15-7-13(20-21-15)9-22-11-19-14-3-1-2-4-16(14)22/h1-4,7,11-12H,5-6,8-10H2,(H,18,23)(H,20,21)/t12-/m0/s1.